The van der Waals surface area contributed by atoms with E-state index in [-0.39, 0.29) is 0 Å². The van der Waals surface area contributed by atoms with Gasteiger partial charge in [0, 0.05) is 45.6 Å². The van der Waals surface area contributed by atoms with E-state index in [1.807, 2.05) is 25.5 Å². The van der Waals surface area contributed by atoms with Crippen molar-refractivity contribution in [2.45, 2.75) is 13.1 Å². The molecular formula is C16H20N6O2. The molecule has 1 saturated heterocycles. The molecule has 0 amide bonds. The Bertz CT molecular complexity index is 770. The second-order valence-corrected chi connectivity index (χ2v) is 5.98. The topological polar surface area (TPSA) is 76.4 Å². The molecule has 1 fully saturated rings. The van der Waals surface area contributed by atoms with E-state index in [0.717, 1.165) is 38.5 Å². The highest BCUT2D eigenvalue weighted by atomic mass is 16.4. The van der Waals surface area contributed by atoms with Crippen LogP contribution in [0, 0.1) is 0 Å². The molecule has 0 saturated carbocycles. The number of imidazole rings is 1. The van der Waals surface area contributed by atoms with E-state index < -0.39 is 0 Å². The lowest BCUT2D eigenvalue weighted by Crippen LogP contribution is -2.45. The number of hydrogen-bond donors (Lipinski definition) is 0. The van der Waals surface area contributed by atoms with Crippen LogP contribution in [-0.2, 0) is 20.1 Å². The predicted molar refractivity (Wildman–Crippen MR) is 85.8 cm³/mol. The number of hydrogen-bond acceptors (Lipinski definition) is 7. The van der Waals surface area contributed by atoms with Gasteiger partial charge in [0.05, 0.1) is 19.4 Å². The lowest BCUT2D eigenvalue weighted by Gasteiger charge is -2.33. The van der Waals surface area contributed by atoms with Crippen LogP contribution >= 0.6 is 0 Å². The van der Waals surface area contributed by atoms with E-state index in [4.69, 9.17) is 8.83 Å². The Morgan fingerprint density at radius 2 is 1.88 bits per heavy atom. The summed E-state index contributed by atoms with van der Waals surface area (Å²) in [5.41, 5.74) is 0. The third kappa shape index (κ3) is 3.24. The molecule has 1 aliphatic rings. The van der Waals surface area contributed by atoms with Crippen LogP contribution in [0.1, 0.15) is 11.7 Å². The van der Waals surface area contributed by atoms with Gasteiger partial charge < -0.3 is 13.4 Å². The smallest absolute Gasteiger partial charge is 0.283 e. The Labute approximate surface area is 139 Å². The molecule has 0 spiro atoms. The maximum Gasteiger partial charge on any atom is 0.283 e. The molecule has 0 N–H and O–H groups in total. The van der Waals surface area contributed by atoms with E-state index in [2.05, 4.69) is 29.5 Å². The molecule has 3 aromatic rings. The fourth-order valence-corrected chi connectivity index (χ4v) is 2.86. The van der Waals surface area contributed by atoms with Gasteiger partial charge in [-0.25, -0.2) is 4.98 Å². The summed E-state index contributed by atoms with van der Waals surface area (Å²) >= 11 is 0. The summed E-state index contributed by atoms with van der Waals surface area (Å²) in [5, 5.41) is 8.15. The average molecular weight is 328 g/mol. The maximum absolute atomic E-state index is 5.67. The number of nitrogens with zero attached hydrogens (tertiary/aromatic N) is 6. The largest absolute Gasteiger partial charge is 0.459 e. The van der Waals surface area contributed by atoms with Crippen LogP contribution in [0.25, 0.3) is 11.7 Å². The van der Waals surface area contributed by atoms with Gasteiger partial charge in [0.2, 0.25) is 5.89 Å². The predicted octanol–water partition coefficient (Wildman–Crippen LogP) is 1.38. The molecule has 4 heterocycles. The summed E-state index contributed by atoms with van der Waals surface area (Å²) in [4.78, 5) is 9.13. The zero-order valence-electron chi connectivity index (χ0n) is 13.6. The first kappa shape index (κ1) is 15.1. The first-order valence-electron chi connectivity index (χ1n) is 8.05. The fourth-order valence-electron chi connectivity index (χ4n) is 2.86. The van der Waals surface area contributed by atoms with Crippen molar-refractivity contribution >= 4 is 0 Å². The summed E-state index contributed by atoms with van der Waals surface area (Å²) in [6.07, 6.45) is 5.43. The third-order valence-corrected chi connectivity index (χ3v) is 4.31. The monoisotopic (exact) mass is 328 g/mol. The minimum absolute atomic E-state index is 0.434. The molecule has 1 aliphatic heterocycles. The molecule has 0 aromatic carbocycles. The van der Waals surface area contributed by atoms with E-state index >= 15 is 0 Å². The minimum atomic E-state index is 0.434. The lowest BCUT2D eigenvalue weighted by molar-refractivity contribution is 0.112. The molecule has 0 bridgehead atoms. The zero-order valence-corrected chi connectivity index (χ0v) is 13.6. The quantitative estimate of drug-likeness (QED) is 0.700. The lowest BCUT2D eigenvalue weighted by atomic mass is 10.3. The van der Waals surface area contributed by atoms with Crippen molar-refractivity contribution < 1.29 is 8.83 Å². The van der Waals surface area contributed by atoms with Crippen LogP contribution in [0.2, 0.25) is 0 Å². The SMILES string of the molecule is Cn1ccnc1CN1CCN(Cc2nnc(-c3ccco3)o2)CC1. The Balaban J connectivity index is 1.30. The van der Waals surface area contributed by atoms with Gasteiger partial charge in [-0.15, -0.1) is 10.2 Å². The summed E-state index contributed by atoms with van der Waals surface area (Å²) in [6.45, 7) is 5.52. The normalized spacial score (nSPS) is 16.7. The van der Waals surface area contributed by atoms with Crippen LogP contribution in [0.15, 0.2) is 39.6 Å². The van der Waals surface area contributed by atoms with Crippen LogP contribution < -0.4 is 0 Å². The van der Waals surface area contributed by atoms with Crippen molar-refractivity contribution in [1.82, 2.24) is 29.5 Å². The first-order valence-corrected chi connectivity index (χ1v) is 8.05. The molecule has 0 unspecified atom stereocenters. The Morgan fingerprint density at radius 1 is 1.08 bits per heavy atom. The third-order valence-electron chi connectivity index (χ3n) is 4.31. The number of aryl methyl sites for hydroxylation is 1. The van der Waals surface area contributed by atoms with Crippen LogP contribution in [0.4, 0.5) is 0 Å². The summed E-state index contributed by atoms with van der Waals surface area (Å²) in [7, 11) is 2.03. The second-order valence-electron chi connectivity index (χ2n) is 5.98. The zero-order chi connectivity index (χ0) is 16.4. The minimum Gasteiger partial charge on any atom is -0.459 e. The standard InChI is InChI=1S/C16H20N6O2/c1-20-5-4-17-14(20)11-21-6-8-22(9-7-21)12-15-18-19-16(24-15)13-3-2-10-23-13/h2-5,10H,6-9,11-12H2,1H3. The van der Waals surface area contributed by atoms with Gasteiger partial charge in [0.15, 0.2) is 5.76 Å². The maximum atomic E-state index is 5.67. The van der Waals surface area contributed by atoms with Crippen molar-refractivity contribution in [3.63, 3.8) is 0 Å². The van der Waals surface area contributed by atoms with Gasteiger partial charge in [-0.3, -0.25) is 9.80 Å². The average Bonchev–Trinajstić information content (AvgIpc) is 3.32. The molecule has 24 heavy (non-hydrogen) atoms. The molecular weight excluding hydrogens is 308 g/mol. The number of aromatic nitrogens is 4. The number of furan rings is 1. The van der Waals surface area contributed by atoms with Crippen LogP contribution in [0.5, 0.6) is 0 Å². The molecule has 4 rings (SSSR count). The van der Waals surface area contributed by atoms with E-state index in [0.29, 0.717) is 24.1 Å². The highest BCUT2D eigenvalue weighted by molar-refractivity contribution is 5.42. The highest BCUT2D eigenvalue weighted by Crippen LogP contribution is 2.19. The van der Waals surface area contributed by atoms with Gasteiger partial charge in [-0.2, -0.15) is 0 Å². The molecule has 8 nitrogen and oxygen atoms in total. The summed E-state index contributed by atoms with van der Waals surface area (Å²) in [6, 6.07) is 3.62. The van der Waals surface area contributed by atoms with E-state index in [1.165, 1.54) is 0 Å². The first-order chi connectivity index (χ1) is 11.8. The van der Waals surface area contributed by atoms with E-state index in [1.54, 1.807) is 12.3 Å². The summed E-state index contributed by atoms with van der Waals surface area (Å²) < 4.78 is 13.0. The van der Waals surface area contributed by atoms with Crippen molar-refractivity contribution in [2.75, 3.05) is 26.2 Å². The van der Waals surface area contributed by atoms with Gasteiger partial charge in [-0.05, 0) is 12.1 Å². The van der Waals surface area contributed by atoms with Crippen molar-refractivity contribution in [3.05, 3.63) is 42.5 Å². The molecule has 0 atom stereocenters. The van der Waals surface area contributed by atoms with E-state index in [9.17, 15) is 0 Å². The number of piperazine rings is 1. The Kier molecular flexibility index (Phi) is 4.14. The van der Waals surface area contributed by atoms with Crippen molar-refractivity contribution in [2.24, 2.45) is 7.05 Å². The van der Waals surface area contributed by atoms with Gasteiger partial charge in [-0.1, -0.05) is 0 Å². The van der Waals surface area contributed by atoms with Gasteiger partial charge in [0.25, 0.3) is 5.89 Å². The van der Waals surface area contributed by atoms with Gasteiger partial charge in [0.1, 0.15) is 5.82 Å². The van der Waals surface area contributed by atoms with Crippen LogP contribution in [-0.4, -0.2) is 55.7 Å². The van der Waals surface area contributed by atoms with Crippen molar-refractivity contribution in [3.8, 4) is 11.7 Å². The fraction of sp³-hybridized carbons (Fsp3) is 0.438. The van der Waals surface area contributed by atoms with Crippen LogP contribution in [0.3, 0.4) is 0 Å². The Hall–Kier alpha value is -2.45. The molecule has 126 valence electrons. The molecule has 8 heteroatoms. The Morgan fingerprint density at radius 3 is 2.54 bits per heavy atom. The van der Waals surface area contributed by atoms with Crippen molar-refractivity contribution in [1.29, 1.82) is 0 Å². The number of rotatable bonds is 5. The van der Waals surface area contributed by atoms with Gasteiger partial charge >= 0.3 is 0 Å². The molecule has 3 aromatic heterocycles. The summed E-state index contributed by atoms with van der Waals surface area (Å²) in [5.74, 6) is 2.76. The molecule has 0 radical (unpaired) electrons. The molecule has 0 aliphatic carbocycles. The second kappa shape index (κ2) is 6.58. The highest BCUT2D eigenvalue weighted by Gasteiger charge is 2.20.